The second-order valence-corrected chi connectivity index (χ2v) is 10.6. The molecule has 0 atom stereocenters. The first-order chi connectivity index (χ1) is 20.3. The second kappa shape index (κ2) is 13.3. The number of amidine groups is 1. The third kappa shape index (κ3) is 7.54. The number of hydrogen-bond donors (Lipinski definition) is 1. The number of anilines is 1. The number of hydrogen-bond acceptors (Lipinski definition) is 7. The van der Waals surface area contributed by atoms with Gasteiger partial charge >= 0.3 is 0 Å². The molecule has 1 aliphatic rings. The van der Waals surface area contributed by atoms with E-state index < -0.39 is 0 Å². The molecule has 1 fully saturated rings. The van der Waals surface area contributed by atoms with E-state index in [1.165, 1.54) is 29.5 Å². The van der Waals surface area contributed by atoms with Crippen LogP contribution in [0.25, 0.3) is 6.08 Å². The van der Waals surface area contributed by atoms with Gasteiger partial charge in [0.2, 0.25) is 0 Å². The largest absolute Gasteiger partial charge is 0.483 e. The molecule has 0 spiro atoms. The minimum absolute atomic E-state index is 0.138. The molecule has 0 saturated carbocycles. The summed E-state index contributed by atoms with van der Waals surface area (Å²) in [5.74, 6) is -0.0820. The highest BCUT2D eigenvalue weighted by molar-refractivity contribution is 8.18. The smallest absolute Gasteiger partial charge is 0.267 e. The number of carbonyl (C=O) groups is 2. The van der Waals surface area contributed by atoms with Gasteiger partial charge in [-0.3, -0.25) is 14.5 Å². The number of rotatable bonds is 9. The molecule has 1 saturated heterocycles. The van der Waals surface area contributed by atoms with Gasteiger partial charge in [-0.2, -0.15) is 5.10 Å². The maximum atomic E-state index is 13.5. The molecule has 2 heterocycles. The van der Waals surface area contributed by atoms with Crippen LogP contribution >= 0.6 is 23.4 Å². The fraction of sp³-hybridized carbons (Fsp3) is 0.0968. The lowest BCUT2D eigenvalue weighted by Gasteiger charge is -2.13. The van der Waals surface area contributed by atoms with Gasteiger partial charge in [-0.1, -0.05) is 41.4 Å². The third-order valence-electron chi connectivity index (χ3n) is 5.95. The standard InChI is InChI=1S/C31H24ClFN4O4S/c1-20-4-11-25(12-5-20)35-29(38)19-41-27-13-8-23(32)15-22(27)16-28-30(39)37(18-26-3-2-14-40-26)31(42-28)36-34-17-21-6-9-24(33)10-7-21/h2-17H,18-19H2,1H3,(H,35,38)/b28-16-,34-17-,36-31+. The summed E-state index contributed by atoms with van der Waals surface area (Å²) in [5, 5.41) is 11.9. The Morgan fingerprint density at radius 1 is 1.12 bits per heavy atom. The molecule has 0 unspecified atom stereocenters. The topological polar surface area (TPSA) is 96.5 Å². The molecule has 8 nitrogen and oxygen atoms in total. The third-order valence-corrected chi connectivity index (χ3v) is 7.19. The van der Waals surface area contributed by atoms with E-state index in [-0.39, 0.29) is 30.8 Å². The number of halogens is 2. The Morgan fingerprint density at radius 3 is 2.64 bits per heavy atom. The first-order valence-electron chi connectivity index (χ1n) is 12.7. The van der Waals surface area contributed by atoms with Crippen molar-refractivity contribution in [2.24, 2.45) is 10.2 Å². The molecular weight excluding hydrogens is 579 g/mol. The van der Waals surface area contributed by atoms with Crippen molar-refractivity contribution in [3.05, 3.63) is 123 Å². The monoisotopic (exact) mass is 602 g/mol. The van der Waals surface area contributed by atoms with Crippen LogP contribution in [0.4, 0.5) is 10.1 Å². The zero-order valence-corrected chi connectivity index (χ0v) is 23.9. The summed E-state index contributed by atoms with van der Waals surface area (Å²) in [4.78, 5) is 27.8. The van der Waals surface area contributed by atoms with Crippen LogP contribution in [-0.4, -0.2) is 34.7 Å². The Hall–Kier alpha value is -4.67. The molecule has 1 N–H and O–H groups in total. The number of nitrogens with one attached hydrogen (secondary N) is 1. The van der Waals surface area contributed by atoms with Crippen molar-refractivity contribution < 1.29 is 23.1 Å². The van der Waals surface area contributed by atoms with Gasteiger partial charge in [0.25, 0.3) is 11.8 Å². The Labute approximate surface area is 250 Å². The quantitative estimate of drug-likeness (QED) is 0.128. The van der Waals surface area contributed by atoms with E-state index in [4.69, 9.17) is 20.8 Å². The first-order valence-corrected chi connectivity index (χ1v) is 13.9. The summed E-state index contributed by atoms with van der Waals surface area (Å²) in [7, 11) is 0. The van der Waals surface area contributed by atoms with Gasteiger partial charge in [0.05, 0.1) is 23.9 Å². The van der Waals surface area contributed by atoms with Gasteiger partial charge in [-0.25, -0.2) is 4.39 Å². The minimum Gasteiger partial charge on any atom is -0.483 e. The lowest BCUT2D eigenvalue weighted by Crippen LogP contribution is -2.28. The summed E-state index contributed by atoms with van der Waals surface area (Å²) in [6, 6.07) is 21.6. The van der Waals surface area contributed by atoms with Crippen LogP contribution in [0.3, 0.4) is 0 Å². The lowest BCUT2D eigenvalue weighted by molar-refractivity contribution is -0.122. The Kier molecular flexibility index (Phi) is 9.15. The number of ether oxygens (including phenoxy) is 1. The number of carbonyl (C=O) groups excluding carboxylic acids is 2. The van der Waals surface area contributed by atoms with E-state index in [2.05, 4.69) is 15.5 Å². The number of aryl methyl sites for hydroxylation is 1. The van der Waals surface area contributed by atoms with Crippen LogP contribution < -0.4 is 10.1 Å². The number of amides is 2. The fourth-order valence-corrected chi connectivity index (χ4v) is 4.96. The molecule has 42 heavy (non-hydrogen) atoms. The van der Waals surface area contributed by atoms with Crippen molar-refractivity contribution in [2.75, 3.05) is 11.9 Å². The average Bonchev–Trinajstić information content (AvgIpc) is 3.59. The molecular formula is C31H24ClFN4O4S. The van der Waals surface area contributed by atoms with Crippen LogP contribution in [0.2, 0.25) is 5.02 Å². The van der Waals surface area contributed by atoms with Gasteiger partial charge in [0.15, 0.2) is 11.8 Å². The van der Waals surface area contributed by atoms with Crippen LogP contribution in [-0.2, 0) is 16.1 Å². The van der Waals surface area contributed by atoms with Gasteiger partial charge in [0.1, 0.15) is 17.3 Å². The van der Waals surface area contributed by atoms with Crippen LogP contribution in [0.1, 0.15) is 22.5 Å². The molecule has 11 heteroatoms. The highest BCUT2D eigenvalue weighted by Crippen LogP contribution is 2.36. The molecule has 3 aromatic carbocycles. The Morgan fingerprint density at radius 2 is 1.90 bits per heavy atom. The van der Waals surface area contributed by atoms with Gasteiger partial charge in [-0.05, 0) is 84.9 Å². The molecule has 0 bridgehead atoms. The highest BCUT2D eigenvalue weighted by Gasteiger charge is 2.34. The van der Waals surface area contributed by atoms with E-state index in [1.54, 1.807) is 48.5 Å². The van der Waals surface area contributed by atoms with E-state index in [0.717, 1.165) is 17.3 Å². The molecule has 1 aliphatic heterocycles. The number of benzene rings is 3. The fourth-order valence-electron chi connectivity index (χ4n) is 3.86. The molecule has 212 valence electrons. The second-order valence-electron chi connectivity index (χ2n) is 9.15. The summed E-state index contributed by atoms with van der Waals surface area (Å²) in [5.41, 5.74) is 2.90. The van der Waals surface area contributed by atoms with Gasteiger partial charge < -0.3 is 14.5 Å². The van der Waals surface area contributed by atoms with E-state index >= 15 is 0 Å². The maximum absolute atomic E-state index is 13.5. The number of nitrogens with zero attached hydrogens (tertiary/aromatic N) is 3. The van der Waals surface area contributed by atoms with Crippen molar-refractivity contribution in [3.63, 3.8) is 0 Å². The zero-order chi connectivity index (χ0) is 29.5. The maximum Gasteiger partial charge on any atom is 0.267 e. The van der Waals surface area contributed by atoms with Gasteiger partial charge in [0, 0.05) is 16.3 Å². The van der Waals surface area contributed by atoms with Crippen molar-refractivity contribution >= 4 is 58.3 Å². The number of thioether (sulfide) groups is 1. The molecule has 5 rings (SSSR count). The average molecular weight is 603 g/mol. The van der Waals surface area contributed by atoms with Crippen molar-refractivity contribution in [1.29, 1.82) is 0 Å². The molecule has 2 amide bonds. The minimum atomic E-state index is -0.355. The highest BCUT2D eigenvalue weighted by atomic mass is 35.5. The summed E-state index contributed by atoms with van der Waals surface area (Å²) in [6.45, 7) is 1.85. The van der Waals surface area contributed by atoms with Crippen molar-refractivity contribution in [2.45, 2.75) is 13.5 Å². The van der Waals surface area contributed by atoms with E-state index in [9.17, 15) is 14.0 Å². The molecule has 0 aliphatic carbocycles. The first kappa shape index (κ1) is 28.8. The summed E-state index contributed by atoms with van der Waals surface area (Å²) in [6.07, 6.45) is 4.62. The van der Waals surface area contributed by atoms with Crippen molar-refractivity contribution in [3.8, 4) is 5.75 Å². The zero-order valence-electron chi connectivity index (χ0n) is 22.3. The Balaban J connectivity index is 1.36. The number of furan rings is 1. The Bertz CT molecular complexity index is 1670. The molecule has 4 aromatic rings. The summed E-state index contributed by atoms with van der Waals surface area (Å²) < 4.78 is 24.5. The van der Waals surface area contributed by atoms with E-state index in [1.807, 2.05) is 31.2 Å². The normalized spacial score (nSPS) is 15.2. The molecule has 1 aromatic heterocycles. The predicted octanol–water partition coefficient (Wildman–Crippen LogP) is 6.90. The predicted molar refractivity (Wildman–Crippen MR) is 163 cm³/mol. The van der Waals surface area contributed by atoms with E-state index in [0.29, 0.717) is 43.4 Å². The van der Waals surface area contributed by atoms with Crippen LogP contribution in [0.5, 0.6) is 5.75 Å². The SMILES string of the molecule is Cc1ccc(NC(=O)COc2ccc(Cl)cc2/C=C2\S/C(=N/N=C\c3ccc(F)cc3)N(Cc3ccco3)C2=O)cc1. The van der Waals surface area contributed by atoms with Crippen LogP contribution in [0.15, 0.2) is 105 Å². The lowest BCUT2D eigenvalue weighted by atomic mass is 10.2. The summed E-state index contributed by atoms with van der Waals surface area (Å²) >= 11 is 7.38. The van der Waals surface area contributed by atoms with Gasteiger partial charge in [-0.15, -0.1) is 5.10 Å². The molecule has 0 radical (unpaired) electrons. The van der Waals surface area contributed by atoms with Crippen molar-refractivity contribution in [1.82, 2.24) is 4.90 Å². The van der Waals surface area contributed by atoms with Crippen LogP contribution in [0, 0.1) is 12.7 Å².